The predicted molar refractivity (Wildman–Crippen MR) is 107 cm³/mol. The van der Waals surface area contributed by atoms with Gasteiger partial charge in [-0.1, -0.05) is 0 Å². The summed E-state index contributed by atoms with van der Waals surface area (Å²) in [7, 11) is 0. The summed E-state index contributed by atoms with van der Waals surface area (Å²) in [6.07, 6.45) is 7.22. The monoisotopic (exact) mass is 387 g/mol. The lowest BCUT2D eigenvalue weighted by atomic mass is 10.2. The molecule has 1 atom stereocenters. The molecule has 1 aliphatic carbocycles. The van der Waals surface area contributed by atoms with Crippen molar-refractivity contribution in [3.63, 3.8) is 0 Å². The van der Waals surface area contributed by atoms with Crippen molar-refractivity contribution in [1.29, 1.82) is 0 Å². The van der Waals surface area contributed by atoms with E-state index in [4.69, 9.17) is 9.84 Å². The molecular formula is C21H29N3O4. The van der Waals surface area contributed by atoms with E-state index < -0.39 is 17.7 Å². The van der Waals surface area contributed by atoms with Gasteiger partial charge in [0.15, 0.2) is 0 Å². The molecule has 1 aromatic heterocycles. The second kappa shape index (κ2) is 8.31. The summed E-state index contributed by atoms with van der Waals surface area (Å²) in [5.41, 5.74) is 0.0725. The van der Waals surface area contributed by atoms with Crippen molar-refractivity contribution in [2.45, 2.75) is 51.7 Å². The number of anilines is 1. The summed E-state index contributed by atoms with van der Waals surface area (Å²) in [5.74, 6) is 0.327. The van der Waals surface area contributed by atoms with E-state index in [1.165, 1.54) is 18.9 Å². The van der Waals surface area contributed by atoms with Crippen LogP contribution in [0.3, 0.4) is 0 Å². The fourth-order valence-electron chi connectivity index (χ4n) is 3.40. The number of aromatic nitrogens is 1. The van der Waals surface area contributed by atoms with Crippen molar-refractivity contribution in [3.05, 3.63) is 30.0 Å². The number of carbonyl (C=O) groups excluding carboxylic acids is 1. The van der Waals surface area contributed by atoms with Crippen molar-refractivity contribution < 1.29 is 19.4 Å². The Balaban J connectivity index is 1.77. The Morgan fingerprint density at radius 1 is 1.32 bits per heavy atom. The van der Waals surface area contributed by atoms with Crippen LogP contribution in [0.15, 0.2) is 24.4 Å². The van der Waals surface area contributed by atoms with E-state index >= 15 is 0 Å². The van der Waals surface area contributed by atoms with E-state index in [9.17, 15) is 9.59 Å². The van der Waals surface area contributed by atoms with E-state index in [0.29, 0.717) is 11.4 Å². The minimum Gasteiger partial charge on any atom is -0.478 e. The number of hydrogen-bond acceptors (Lipinski definition) is 5. The maximum atomic E-state index is 12.9. The zero-order valence-electron chi connectivity index (χ0n) is 16.8. The van der Waals surface area contributed by atoms with E-state index in [1.54, 1.807) is 23.2 Å². The van der Waals surface area contributed by atoms with Gasteiger partial charge in [-0.2, -0.15) is 0 Å². The molecule has 0 unspecified atom stereocenters. The topological polar surface area (TPSA) is 83.0 Å². The van der Waals surface area contributed by atoms with Gasteiger partial charge in [0.2, 0.25) is 0 Å². The molecule has 1 aliphatic heterocycles. The molecule has 3 rings (SSSR count). The molecule has 0 bridgehead atoms. The standard InChI is InChI=1S/C21H29N3O4/c1-21(2,3)28-20(27)24(17-10-11-23(14-17)13-16-4-5-16)18-8-6-15(12-22-18)7-9-19(25)26/h6-9,12,16-17H,4-5,10-11,13-14H2,1-3H3,(H,25,26)/t17-/m1/s1. The van der Waals surface area contributed by atoms with Gasteiger partial charge in [-0.15, -0.1) is 0 Å². The lowest BCUT2D eigenvalue weighted by Gasteiger charge is -2.31. The van der Waals surface area contributed by atoms with Gasteiger partial charge in [-0.25, -0.2) is 14.6 Å². The molecule has 0 aromatic carbocycles. The molecule has 2 aliphatic rings. The Bertz CT molecular complexity index is 735. The fraction of sp³-hybridized carbons (Fsp3) is 0.571. The number of hydrogen-bond donors (Lipinski definition) is 1. The summed E-state index contributed by atoms with van der Waals surface area (Å²) in [4.78, 5) is 32.1. The minimum absolute atomic E-state index is 0.0153. The van der Waals surface area contributed by atoms with Crippen LogP contribution in [-0.2, 0) is 9.53 Å². The van der Waals surface area contributed by atoms with Crippen LogP contribution < -0.4 is 4.90 Å². The Kier molecular flexibility index (Phi) is 6.03. The number of carboxylic acids is 1. The Hall–Kier alpha value is -2.41. The maximum absolute atomic E-state index is 12.9. The zero-order chi connectivity index (χ0) is 20.3. The number of ether oxygens (including phenoxy) is 1. The molecule has 7 nitrogen and oxygen atoms in total. The SMILES string of the molecule is CC(C)(C)OC(=O)N(c1ccc(C=CC(=O)O)cn1)[C@@H]1CCN(CC2CC2)C1. The molecule has 28 heavy (non-hydrogen) atoms. The molecule has 0 spiro atoms. The van der Waals surface area contributed by atoms with Crippen LogP contribution >= 0.6 is 0 Å². The Morgan fingerprint density at radius 3 is 2.64 bits per heavy atom. The van der Waals surface area contributed by atoms with Crippen LogP contribution in [0.1, 0.15) is 45.6 Å². The van der Waals surface area contributed by atoms with Crippen LogP contribution in [0.4, 0.5) is 10.6 Å². The van der Waals surface area contributed by atoms with Gasteiger partial charge >= 0.3 is 12.1 Å². The quantitative estimate of drug-likeness (QED) is 0.753. The van der Waals surface area contributed by atoms with Crippen molar-refractivity contribution in [3.8, 4) is 0 Å². The third kappa shape index (κ3) is 5.79. The van der Waals surface area contributed by atoms with Crippen molar-refractivity contribution in [1.82, 2.24) is 9.88 Å². The average molecular weight is 387 g/mol. The van der Waals surface area contributed by atoms with Crippen molar-refractivity contribution in [2.75, 3.05) is 24.5 Å². The molecule has 1 N–H and O–H groups in total. The average Bonchev–Trinajstić information content (AvgIpc) is 3.30. The molecule has 2 heterocycles. The third-order valence-electron chi connectivity index (χ3n) is 4.85. The normalized spacial score (nSPS) is 20.5. The summed E-state index contributed by atoms with van der Waals surface area (Å²) in [5, 5.41) is 8.75. The van der Waals surface area contributed by atoms with Gasteiger partial charge in [0.1, 0.15) is 11.4 Å². The third-order valence-corrected chi connectivity index (χ3v) is 4.85. The van der Waals surface area contributed by atoms with E-state index in [0.717, 1.165) is 38.0 Å². The predicted octanol–water partition coefficient (Wildman–Crippen LogP) is 3.41. The highest BCUT2D eigenvalue weighted by Gasteiger charge is 2.36. The van der Waals surface area contributed by atoms with E-state index in [1.807, 2.05) is 20.8 Å². The number of carbonyl (C=O) groups is 2. The minimum atomic E-state index is -1.01. The van der Waals surface area contributed by atoms with Gasteiger partial charge in [0, 0.05) is 31.9 Å². The first-order valence-corrected chi connectivity index (χ1v) is 9.83. The number of likely N-dealkylation sites (tertiary alicyclic amines) is 1. The van der Waals surface area contributed by atoms with E-state index in [-0.39, 0.29) is 6.04 Å². The van der Waals surface area contributed by atoms with Crippen molar-refractivity contribution >= 4 is 24.0 Å². The first kappa shape index (κ1) is 20.3. The van der Waals surface area contributed by atoms with Gasteiger partial charge < -0.3 is 14.7 Å². The van der Waals surface area contributed by atoms with Crippen LogP contribution in [0, 0.1) is 5.92 Å². The molecule has 0 radical (unpaired) electrons. The highest BCUT2D eigenvalue weighted by molar-refractivity contribution is 5.88. The number of nitrogens with zero attached hydrogens (tertiary/aromatic N) is 3. The van der Waals surface area contributed by atoms with Crippen LogP contribution in [0.25, 0.3) is 6.08 Å². The molecule has 1 aromatic rings. The van der Waals surface area contributed by atoms with Gasteiger partial charge in [0.25, 0.3) is 0 Å². The van der Waals surface area contributed by atoms with Gasteiger partial charge in [-0.3, -0.25) is 4.90 Å². The molecule has 152 valence electrons. The summed E-state index contributed by atoms with van der Waals surface area (Å²) in [6.45, 7) is 8.45. The fourth-order valence-corrected chi connectivity index (χ4v) is 3.40. The first-order chi connectivity index (χ1) is 13.2. The van der Waals surface area contributed by atoms with Gasteiger partial charge in [0.05, 0.1) is 6.04 Å². The van der Waals surface area contributed by atoms with E-state index in [2.05, 4.69) is 9.88 Å². The van der Waals surface area contributed by atoms with Crippen molar-refractivity contribution in [2.24, 2.45) is 5.92 Å². The number of rotatable bonds is 6. The maximum Gasteiger partial charge on any atom is 0.416 e. The molecular weight excluding hydrogens is 358 g/mol. The summed E-state index contributed by atoms with van der Waals surface area (Å²) < 4.78 is 5.64. The van der Waals surface area contributed by atoms with Gasteiger partial charge in [-0.05, 0) is 69.7 Å². The lowest BCUT2D eigenvalue weighted by molar-refractivity contribution is -0.131. The summed E-state index contributed by atoms with van der Waals surface area (Å²) >= 11 is 0. The molecule has 7 heteroatoms. The van der Waals surface area contributed by atoms with Crippen LogP contribution in [0.5, 0.6) is 0 Å². The van der Waals surface area contributed by atoms with Crippen LogP contribution in [0.2, 0.25) is 0 Å². The number of carboxylic acid groups (broad SMARTS) is 1. The molecule has 1 saturated heterocycles. The molecule has 1 saturated carbocycles. The summed E-state index contributed by atoms with van der Waals surface area (Å²) in [6, 6.07) is 3.52. The second-order valence-corrected chi connectivity index (χ2v) is 8.62. The Labute approximate surface area is 166 Å². The zero-order valence-corrected chi connectivity index (χ0v) is 16.8. The Morgan fingerprint density at radius 2 is 2.07 bits per heavy atom. The molecule has 1 amide bonds. The van der Waals surface area contributed by atoms with Crippen LogP contribution in [-0.4, -0.2) is 58.3 Å². The second-order valence-electron chi connectivity index (χ2n) is 8.62. The highest BCUT2D eigenvalue weighted by atomic mass is 16.6. The first-order valence-electron chi connectivity index (χ1n) is 9.83. The number of amides is 1. The number of pyridine rings is 1. The molecule has 2 fully saturated rings. The largest absolute Gasteiger partial charge is 0.478 e. The highest BCUT2D eigenvalue weighted by Crippen LogP contribution is 2.32. The number of aliphatic carboxylic acids is 1. The smallest absolute Gasteiger partial charge is 0.416 e. The lowest BCUT2D eigenvalue weighted by Crippen LogP contribution is -2.45.